The van der Waals surface area contributed by atoms with Crippen LogP contribution in [-0.4, -0.2) is 9.97 Å². The van der Waals surface area contributed by atoms with E-state index in [2.05, 4.69) is 206 Å². The van der Waals surface area contributed by atoms with E-state index < -0.39 is 0 Å². The van der Waals surface area contributed by atoms with Crippen molar-refractivity contribution in [2.24, 2.45) is 0 Å². The third-order valence-corrected chi connectivity index (χ3v) is 11.5. The van der Waals surface area contributed by atoms with Crippen LogP contribution in [0.15, 0.2) is 206 Å². The van der Waals surface area contributed by atoms with E-state index in [1.165, 1.54) is 49.2 Å². The Labute approximate surface area is 324 Å². The molecule has 2 aromatic heterocycles. The van der Waals surface area contributed by atoms with Gasteiger partial charge in [0.15, 0.2) is 5.82 Å². The molecule has 0 atom stereocenters. The summed E-state index contributed by atoms with van der Waals surface area (Å²) in [6.45, 7) is 0. The van der Waals surface area contributed by atoms with Crippen LogP contribution in [0.2, 0.25) is 0 Å². The van der Waals surface area contributed by atoms with Gasteiger partial charge in [-0.3, -0.25) is 0 Å². The second-order valence-corrected chi connectivity index (χ2v) is 14.9. The maximum absolute atomic E-state index is 5.33. The average Bonchev–Trinajstić information content (AvgIpc) is 3.66. The molecule has 0 aliphatic rings. The lowest BCUT2D eigenvalue weighted by atomic mass is 9.95. The summed E-state index contributed by atoms with van der Waals surface area (Å²) in [6, 6.07) is 73.4. The number of rotatable bonds is 7. The van der Waals surface area contributed by atoms with E-state index in [-0.39, 0.29) is 0 Å². The maximum Gasteiger partial charge on any atom is 0.160 e. The Bertz CT molecular complexity index is 2960. The lowest BCUT2D eigenvalue weighted by Gasteiger charge is -2.11. The largest absolute Gasteiger partial charge is 0.226 e. The molecule has 2 heterocycles. The third kappa shape index (κ3) is 6.41. The van der Waals surface area contributed by atoms with Gasteiger partial charge in [0.2, 0.25) is 0 Å². The van der Waals surface area contributed by atoms with Crippen LogP contribution in [0.1, 0.15) is 0 Å². The molecule has 0 spiro atoms. The monoisotopic (exact) mass is 718 g/mol. The Morgan fingerprint density at radius 2 is 0.673 bits per heavy atom. The first-order valence-electron chi connectivity index (χ1n) is 18.6. The summed E-state index contributed by atoms with van der Waals surface area (Å²) >= 11 is 1.76. The van der Waals surface area contributed by atoms with Crippen LogP contribution in [0.4, 0.5) is 0 Å². The summed E-state index contributed by atoms with van der Waals surface area (Å²) < 4.78 is 2.31. The van der Waals surface area contributed by atoms with Crippen LogP contribution < -0.4 is 0 Å². The molecule has 0 aliphatic carbocycles. The molecular weight excluding hydrogens is 685 g/mol. The normalized spacial score (nSPS) is 11.3. The molecule has 0 saturated carbocycles. The van der Waals surface area contributed by atoms with E-state index in [4.69, 9.17) is 9.97 Å². The molecule has 0 unspecified atom stereocenters. The Kier molecular flexibility index (Phi) is 8.40. The zero-order valence-electron chi connectivity index (χ0n) is 29.9. The highest BCUT2D eigenvalue weighted by atomic mass is 32.1. The van der Waals surface area contributed by atoms with Crippen LogP contribution >= 0.6 is 11.3 Å². The Morgan fingerprint density at radius 1 is 0.291 bits per heavy atom. The highest BCUT2D eigenvalue weighted by molar-refractivity contribution is 7.26. The van der Waals surface area contributed by atoms with Gasteiger partial charge in [0.05, 0.1) is 15.9 Å². The summed E-state index contributed by atoms with van der Waals surface area (Å²) in [7, 11) is 0. The number of nitrogens with zero attached hydrogens (tertiary/aromatic N) is 2. The van der Waals surface area contributed by atoms with Crippen molar-refractivity contribution in [3.63, 3.8) is 0 Å². The molecule has 0 amide bonds. The molecule has 8 aromatic carbocycles. The molecule has 0 saturated heterocycles. The van der Waals surface area contributed by atoms with E-state index in [0.717, 1.165) is 49.4 Å². The summed E-state index contributed by atoms with van der Waals surface area (Å²) in [5, 5.41) is 1.16. The van der Waals surface area contributed by atoms with E-state index in [1.54, 1.807) is 11.3 Å². The van der Waals surface area contributed by atoms with Crippen LogP contribution in [0.5, 0.6) is 0 Å². The number of fused-ring (bicyclic) bond motifs is 3. The molecular formula is C52H34N2S. The van der Waals surface area contributed by atoms with Crippen molar-refractivity contribution in [2.75, 3.05) is 0 Å². The summed E-state index contributed by atoms with van der Waals surface area (Å²) in [5.41, 5.74) is 15.9. The second kappa shape index (κ2) is 14.1. The minimum Gasteiger partial charge on any atom is -0.226 e. The first-order chi connectivity index (χ1) is 27.2. The van der Waals surface area contributed by atoms with Crippen molar-refractivity contribution >= 4 is 31.6 Å². The van der Waals surface area contributed by atoms with Gasteiger partial charge in [-0.05, 0) is 86.0 Å². The SMILES string of the molecule is c1ccc(-c2cccc(-c3ccc(-c4nc(-c5cccc(-c6cccc(-c7cccc(-c8ccccc8)c7)c6)c5)nc5c4sc4ccccc45)cc3)c2)cc1. The maximum atomic E-state index is 5.33. The fourth-order valence-corrected chi connectivity index (χ4v) is 8.62. The van der Waals surface area contributed by atoms with E-state index in [0.29, 0.717) is 0 Å². The molecule has 0 N–H and O–H groups in total. The van der Waals surface area contributed by atoms with Crippen molar-refractivity contribution in [2.45, 2.75) is 0 Å². The highest BCUT2D eigenvalue weighted by Gasteiger charge is 2.17. The topological polar surface area (TPSA) is 25.8 Å². The number of thiophene rings is 1. The fourth-order valence-electron chi connectivity index (χ4n) is 7.47. The van der Waals surface area contributed by atoms with E-state index in [1.807, 2.05) is 0 Å². The predicted molar refractivity (Wildman–Crippen MR) is 233 cm³/mol. The van der Waals surface area contributed by atoms with Crippen LogP contribution in [0.25, 0.3) is 98.6 Å². The molecule has 0 bridgehead atoms. The Hall–Kier alpha value is -6.94. The van der Waals surface area contributed by atoms with Gasteiger partial charge in [-0.2, -0.15) is 0 Å². The van der Waals surface area contributed by atoms with Gasteiger partial charge in [-0.1, -0.05) is 176 Å². The minimum absolute atomic E-state index is 0.722. The van der Waals surface area contributed by atoms with E-state index in [9.17, 15) is 0 Å². The molecule has 0 radical (unpaired) electrons. The van der Waals surface area contributed by atoms with Crippen molar-refractivity contribution < 1.29 is 0 Å². The zero-order chi connectivity index (χ0) is 36.6. The number of benzene rings is 8. The molecule has 0 aliphatic heterocycles. The summed E-state index contributed by atoms with van der Waals surface area (Å²) in [4.78, 5) is 10.6. The molecule has 10 aromatic rings. The number of hydrogen-bond acceptors (Lipinski definition) is 3. The zero-order valence-corrected chi connectivity index (χ0v) is 30.7. The predicted octanol–water partition coefficient (Wildman–Crippen LogP) is 14.5. The lowest BCUT2D eigenvalue weighted by Crippen LogP contribution is -1.94. The van der Waals surface area contributed by atoms with Crippen LogP contribution in [0.3, 0.4) is 0 Å². The standard InChI is InChI=1S/C52H34N2S/c1-3-13-35(14-4-1)39-17-9-19-41(31-39)37-27-29-38(30-28-37)49-51-50(47-25-7-8-26-48(47)55-51)54-52(53-49)46-24-12-23-45(34-46)44-22-11-21-43(33-44)42-20-10-18-40(32-42)36-15-5-2-6-16-36/h1-34H. The van der Waals surface area contributed by atoms with E-state index >= 15 is 0 Å². The molecule has 55 heavy (non-hydrogen) atoms. The number of hydrogen-bond donors (Lipinski definition) is 0. The molecule has 0 fully saturated rings. The quantitative estimate of drug-likeness (QED) is 0.164. The van der Waals surface area contributed by atoms with Gasteiger partial charge in [-0.15, -0.1) is 11.3 Å². The van der Waals surface area contributed by atoms with Gasteiger partial charge >= 0.3 is 0 Å². The van der Waals surface area contributed by atoms with Gasteiger partial charge in [0.1, 0.15) is 0 Å². The molecule has 258 valence electrons. The van der Waals surface area contributed by atoms with Crippen molar-refractivity contribution in [1.29, 1.82) is 0 Å². The average molecular weight is 719 g/mol. The van der Waals surface area contributed by atoms with Crippen LogP contribution in [-0.2, 0) is 0 Å². The first kappa shape index (κ1) is 32.7. The second-order valence-electron chi connectivity index (χ2n) is 13.8. The Morgan fingerprint density at radius 3 is 1.20 bits per heavy atom. The van der Waals surface area contributed by atoms with Gasteiger partial charge in [-0.25, -0.2) is 9.97 Å². The number of aromatic nitrogens is 2. The summed E-state index contributed by atoms with van der Waals surface area (Å²) in [6.07, 6.45) is 0. The van der Waals surface area contributed by atoms with Crippen molar-refractivity contribution in [3.05, 3.63) is 206 Å². The summed E-state index contributed by atoms with van der Waals surface area (Å²) in [5.74, 6) is 0.722. The Balaban J connectivity index is 1.03. The van der Waals surface area contributed by atoms with Crippen molar-refractivity contribution in [3.8, 4) is 78.3 Å². The molecule has 10 rings (SSSR count). The smallest absolute Gasteiger partial charge is 0.160 e. The minimum atomic E-state index is 0.722. The molecule has 2 nitrogen and oxygen atoms in total. The fraction of sp³-hybridized carbons (Fsp3) is 0. The van der Waals surface area contributed by atoms with Gasteiger partial charge in [0.25, 0.3) is 0 Å². The third-order valence-electron chi connectivity index (χ3n) is 10.3. The van der Waals surface area contributed by atoms with Gasteiger partial charge in [0, 0.05) is 21.2 Å². The lowest BCUT2D eigenvalue weighted by molar-refractivity contribution is 1.24. The molecule has 3 heteroatoms. The van der Waals surface area contributed by atoms with Crippen molar-refractivity contribution in [1.82, 2.24) is 9.97 Å². The highest BCUT2D eigenvalue weighted by Crippen LogP contribution is 2.40. The van der Waals surface area contributed by atoms with Gasteiger partial charge < -0.3 is 0 Å². The first-order valence-corrected chi connectivity index (χ1v) is 19.4. The van der Waals surface area contributed by atoms with Crippen LogP contribution in [0, 0.1) is 0 Å².